The van der Waals surface area contributed by atoms with Crippen LogP contribution in [0.1, 0.15) is 34.1 Å². The molecule has 1 N–H and O–H groups in total. The van der Waals surface area contributed by atoms with Gasteiger partial charge < -0.3 is 15.0 Å². The molecular formula is C17H24N2O3. The van der Waals surface area contributed by atoms with E-state index >= 15 is 0 Å². The number of nitrogens with one attached hydrogen (secondary N) is 1. The van der Waals surface area contributed by atoms with Crippen LogP contribution < -0.4 is 15.0 Å². The van der Waals surface area contributed by atoms with Crippen molar-refractivity contribution in [3.8, 4) is 5.75 Å². The molecule has 1 heterocycles. The van der Waals surface area contributed by atoms with Crippen LogP contribution in [0, 0.1) is 11.8 Å². The fraction of sp³-hybridized carbons (Fsp3) is 0.529. The summed E-state index contributed by atoms with van der Waals surface area (Å²) in [6, 6.07) is 5.42. The lowest BCUT2D eigenvalue weighted by atomic mass is 10.1. The molecule has 5 heteroatoms. The lowest BCUT2D eigenvalue weighted by Gasteiger charge is -2.31. The minimum Gasteiger partial charge on any atom is -0.482 e. The van der Waals surface area contributed by atoms with Crippen LogP contribution >= 0.6 is 0 Å². The van der Waals surface area contributed by atoms with Gasteiger partial charge in [0.05, 0.1) is 5.69 Å². The van der Waals surface area contributed by atoms with Gasteiger partial charge in [0.2, 0.25) is 5.91 Å². The summed E-state index contributed by atoms with van der Waals surface area (Å²) < 4.78 is 5.47. The van der Waals surface area contributed by atoms with Crippen LogP contribution in [0.25, 0.3) is 0 Å². The van der Waals surface area contributed by atoms with Crippen molar-refractivity contribution in [3.63, 3.8) is 0 Å². The van der Waals surface area contributed by atoms with Gasteiger partial charge in [-0.1, -0.05) is 27.7 Å². The summed E-state index contributed by atoms with van der Waals surface area (Å²) in [5.74, 6) is 1.27. The van der Waals surface area contributed by atoms with E-state index in [1.165, 1.54) is 0 Å². The highest BCUT2D eigenvalue weighted by Gasteiger charge is 2.26. The predicted octanol–water partition coefficient (Wildman–Crippen LogP) is 3.05. The molecule has 0 aromatic heterocycles. The lowest BCUT2D eigenvalue weighted by Crippen LogP contribution is -2.41. The van der Waals surface area contributed by atoms with Gasteiger partial charge in [-0.05, 0) is 30.0 Å². The molecule has 0 saturated carbocycles. The number of carbonyl (C=O) groups excluding carboxylic acids is 2. The third-order valence-electron chi connectivity index (χ3n) is 3.33. The molecule has 0 spiro atoms. The molecule has 2 rings (SSSR count). The number of fused-ring (bicyclic) bond motifs is 1. The van der Waals surface area contributed by atoms with Crippen molar-refractivity contribution >= 4 is 23.2 Å². The molecule has 1 aromatic carbocycles. The van der Waals surface area contributed by atoms with Gasteiger partial charge in [0.1, 0.15) is 5.75 Å². The molecule has 0 bridgehead atoms. The van der Waals surface area contributed by atoms with Gasteiger partial charge in [-0.25, -0.2) is 0 Å². The van der Waals surface area contributed by atoms with Gasteiger partial charge in [0.15, 0.2) is 6.61 Å². The second kappa shape index (κ2) is 6.81. The summed E-state index contributed by atoms with van der Waals surface area (Å²) in [4.78, 5) is 25.7. The maximum atomic E-state index is 12.1. The third kappa shape index (κ3) is 4.00. The van der Waals surface area contributed by atoms with E-state index in [9.17, 15) is 9.59 Å². The molecule has 120 valence electrons. The highest BCUT2D eigenvalue weighted by molar-refractivity contribution is 5.99. The molecule has 22 heavy (non-hydrogen) atoms. The van der Waals surface area contributed by atoms with Crippen molar-refractivity contribution in [1.29, 1.82) is 0 Å². The number of amides is 2. The Balaban J connectivity index is 2.22. The van der Waals surface area contributed by atoms with Gasteiger partial charge in [0, 0.05) is 18.7 Å². The van der Waals surface area contributed by atoms with Crippen molar-refractivity contribution in [3.05, 3.63) is 18.2 Å². The maximum absolute atomic E-state index is 12.1. The number of benzene rings is 1. The summed E-state index contributed by atoms with van der Waals surface area (Å²) >= 11 is 0. The summed E-state index contributed by atoms with van der Waals surface area (Å²) in [7, 11) is 0. The normalized spacial score (nSPS) is 14.1. The molecule has 0 aliphatic carbocycles. The number of hydrogen-bond acceptors (Lipinski definition) is 3. The molecule has 0 saturated heterocycles. The van der Waals surface area contributed by atoms with Crippen LogP contribution in [0.5, 0.6) is 5.75 Å². The van der Waals surface area contributed by atoms with Gasteiger partial charge in [-0.15, -0.1) is 0 Å². The second-order valence-corrected chi connectivity index (χ2v) is 6.52. The first-order chi connectivity index (χ1) is 10.4. The fourth-order valence-corrected chi connectivity index (χ4v) is 2.43. The fourth-order valence-electron chi connectivity index (χ4n) is 2.43. The number of nitrogens with zero attached hydrogens (tertiary/aromatic N) is 1. The van der Waals surface area contributed by atoms with Gasteiger partial charge >= 0.3 is 0 Å². The van der Waals surface area contributed by atoms with E-state index in [0.29, 0.717) is 36.2 Å². The predicted molar refractivity (Wildman–Crippen MR) is 87.2 cm³/mol. The van der Waals surface area contributed by atoms with Crippen molar-refractivity contribution in [2.24, 2.45) is 11.8 Å². The number of rotatable bonds is 5. The van der Waals surface area contributed by atoms with Crippen LogP contribution in [0.3, 0.4) is 0 Å². The Morgan fingerprint density at radius 2 is 2.00 bits per heavy atom. The summed E-state index contributed by atoms with van der Waals surface area (Å²) in [5, 5.41) is 2.88. The minimum atomic E-state index is -0.0492. The molecule has 1 aromatic rings. The summed E-state index contributed by atoms with van der Waals surface area (Å²) in [5.41, 5.74) is 1.42. The molecule has 0 fully saturated rings. The zero-order chi connectivity index (χ0) is 16.3. The first-order valence-electron chi connectivity index (χ1n) is 7.74. The minimum absolute atomic E-state index is 0.0200. The van der Waals surface area contributed by atoms with E-state index in [1.54, 1.807) is 17.0 Å². The Hall–Kier alpha value is -2.04. The SMILES string of the molecule is CC(C)CC(=O)Nc1ccc2c(c1)N(CC(C)C)C(=O)CO2. The summed E-state index contributed by atoms with van der Waals surface area (Å²) in [6.45, 7) is 8.84. The molecule has 0 unspecified atom stereocenters. The first kappa shape index (κ1) is 16.3. The van der Waals surface area contributed by atoms with E-state index in [-0.39, 0.29) is 18.4 Å². The maximum Gasteiger partial charge on any atom is 0.265 e. The average Bonchev–Trinajstić information content (AvgIpc) is 2.41. The molecule has 0 radical (unpaired) electrons. The molecular weight excluding hydrogens is 280 g/mol. The lowest BCUT2D eigenvalue weighted by molar-refractivity contribution is -0.121. The Labute approximate surface area is 131 Å². The molecule has 2 amide bonds. The highest BCUT2D eigenvalue weighted by atomic mass is 16.5. The molecule has 5 nitrogen and oxygen atoms in total. The van der Waals surface area contributed by atoms with Gasteiger partial charge in [-0.3, -0.25) is 9.59 Å². The largest absolute Gasteiger partial charge is 0.482 e. The number of anilines is 2. The van der Waals surface area contributed by atoms with Crippen LogP contribution in [0.2, 0.25) is 0 Å². The molecule has 1 aliphatic heterocycles. The summed E-state index contributed by atoms with van der Waals surface area (Å²) in [6.07, 6.45) is 0.474. The number of carbonyl (C=O) groups is 2. The standard InChI is InChI=1S/C17H24N2O3/c1-11(2)7-16(20)18-13-5-6-15-14(8-13)19(9-12(3)4)17(21)10-22-15/h5-6,8,11-12H,7,9-10H2,1-4H3,(H,18,20). The second-order valence-electron chi connectivity index (χ2n) is 6.52. The Kier molecular flexibility index (Phi) is 5.06. The topological polar surface area (TPSA) is 58.6 Å². The van der Waals surface area contributed by atoms with E-state index in [2.05, 4.69) is 19.2 Å². The highest BCUT2D eigenvalue weighted by Crippen LogP contribution is 2.35. The van der Waals surface area contributed by atoms with E-state index < -0.39 is 0 Å². The first-order valence-corrected chi connectivity index (χ1v) is 7.74. The Morgan fingerprint density at radius 3 is 2.64 bits per heavy atom. The van der Waals surface area contributed by atoms with Crippen LogP contribution in [0.4, 0.5) is 11.4 Å². The van der Waals surface area contributed by atoms with Gasteiger partial charge in [0.25, 0.3) is 5.91 Å². The van der Waals surface area contributed by atoms with Gasteiger partial charge in [-0.2, -0.15) is 0 Å². The number of hydrogen-bond donors (Lipinski definition) is 1. The zero-order valence-corrected chi connectivity index (χ0v) is 13.7. The zero-order valence-electron chi connectivity index (χ0n) is 13.7. The monoisotopic (exact) mass is 304 g/mol. The van der Waals surface area contributed by atoms with E-state index in [1.807, 2.05) is 19.9 Å². The van der Waals surface area contributed by atoms with Crippen molar-refractivity contribution in [1.82, 2.24) is 0 Å². The number of ether oxygens (including phenoxy) is 1. The van der Waals surface area contributed by atoms with E-state index in [4.69, 9.17) is 4.74 Å². The van der Waals surface area contributed by atoms with Crippen LogP contribution in [-0.4, -0.2) is 25.0 Å². The quantitative estimate of drug-likeness (QED) is 0.909. The van der Waals surface area contributed by atoms with Crippen LogP contribution in [0.15, 0.2) is 18.2 Å². The molecule has 1 aliphatic rings. The Morgan fingerprint density at radius 1 is 1.27 bits per heavy atom. The van der Waals surface area contributed by atoms with Crippen molar-refractivity contribution in [2.45, 2.75) is 34.1 Å². The smallest absolute Gasteiger partial charge is 0.265 e. The van der Waals surface area contributed by atoms with Crippen molar-refractivity contribution < 1.29 is 14.3 Å². The average molecular weight is 304 g/mol. The van der Waals surface area contributed by atoms with E-state index in [0.717, 1.165) is 5.69 Å². The van der Waals surface area contributed by atoms with Crippen LogP contribution in [-0.2, 0) is 9.59 Å². The third-order valence-corrected chi connectivity index (χ3v) is 3.33. The van der Waals surface area contributed by atoms with Crippen molar-refractivity contribution in [2.75, 3.05) is 23.4 Å². The molecule has 0 atom stereocenters. The Bertz CT molecular complexity index is 567.